The Kier molecular flexibility index (Phi) is 9.64. The van der Waals surface area contributed by atoms with Crippen LogP contribution in [0.4, 0.5) is 24.8 Å². The monoisotopic (exact) mass is 604 g/mol. The van der Waals surface area contributed by atoms with Crippen LogP contribution in [0, 0.1) is 0 Å². The van der Waals surface area contributed by atoms with Crippen molar-refractivity contribution in [3.05, 3.63) is 65.7 Å². The van der Waals surface area contributed by atoms with E-state index in [4.69, 9.17) is 2.74 Å². The Balaban J connectivity index is 1.78. The number of rotatable bonds is 4. The van der Waals surface area contributed by atoms with Gasteiger partial charge in [-0.05, 0) is 62.4 Å². The zero-order chi connectivity index (χ0) is 32.0. The normalized spacial score (nSPS) is 18.5. The number of ketones is 1. The Bertz CT molecular complexity index is 1570. The van der Waals surface area contributed by atoms with E-state index in [1.165, 1.54) is 19.1 Å². The predicted molar refractivity (Wildman–Crippen MR) is 158 cm³/mol. The van der Waals surface area contributed by atoms with Crippen molar-refractivity contribution in [3.63, 3.8) is 0 Å². The van der Waals surface area contributed by atoms with Gasteiger partial charge in [0.1, 0.15) is 17.4 Å². The topological polar surface area (TPSA) is 92.3 Å². The zero-order valence-electron chi connectivity index (χ0n) is 25.6. The molecule has 3 aromatic rings. The molecule has 1 aromatic carbocycles. The third-order valence-electron chi connectivity index (χ3n) is 7.07. The number of alkyl halides is 3. The first-order valence-corrected chi connectivity index (χ1v) is 15.6. The summed E-state index contributed by atoms with van der Waals surface area (Å²) in [6, 6.07) is 12.5. The molecule has 4 bridgehead atoms. The molecule has 226 valence electrons. The Morgan fingerprint density at radius 3 is 2.48 bits per heavy atom. The molecule has 2 aromatic heterocycles. The summed E-state index contributed by atoms with van der Waals surface area (Å²) in [7, 11) is -4.36. The molecule has 0 unspecified atom stereocenters. The average molecular weight is 605 g/mol. The summed E-state index contributed by atoms with van der Waals surface area (Å²) >= 11 is 0. The van der Waals surface area contributed by atoms with Crippen LogP contribution in [0.15, 0.2) is 59.6 Å². The van der Waals surface area contributed by atoms with Gasteiger partial charge in [-0.25, -0.2) is 9.97 Å². The zero-order valence-corrected chi connectivity index (χ0v) is 24.4. The third kappa shape index (κ3) is 8.53. The summed E-state index contributed by atoms with van der Waals surface area (Å²) in [6.07, 6.45) is -1.42. The molecular formula is C31H37F3N4O3S. The van der Waals surface area contributed by atoms with Crippen molar-refractivity contribution in [1.82, 2.24) is 9.97 Å². The highest BCUT2D eigenvalue weighted by atomic mass is 32.2. The SMILES string of the molecule is [2H]C1([2H])CCCCCCCN(CCCC(C)=O)c2cccc(n2)S(=O)(=O)Nc2ccc(C(F)(F)F)c(n2)-c2ccccc2C1. The minimum atomic E-state index is -4.79. The highest BCUT2D eigenvalue weighted by molar-refractivity contribution is 7.92. The lowest BCUT2D eigenvalue weighted by Crippen LogP contribution is -2.28. The summed E-state index contributed by atoms with van der Waals surface area (Å²) in [4.78, 5) is 22.0. The number of anilines is 2. The van der Waals surface area contributed by atoms with E-state index in [2.05, 4.69) is 14.7 Å². The fraction of sp³-hybridized carbons (Fsp3) is 0.452. The number of benzene rings is 1. The lowest BCUT2D eigenvalue weighted by atomic mass is 9.96. The van der Waals surface area contributed by atoms with Crippen LogP contribution >= 0.6 is 0 Å². The van der Waals surface area contributed by atoms with Gasteiger partial charge in [-0.15, -0.1) is 0 Å². The van der Waals surface area contributed by atoms with Crippen LogP contribution < -0.4 is 9.62 Å². The van der Waals surface area contributed by atoms with E-state index in [1.54, 1.807) is 30.3 Å². The lowest BCUT2D eigenvalue weighted by Gasteiger charge is -2.24. The molecule has 0 spiro atoms. The first-order valence-electron chi connectivity index (χ1n) is 15.2. The molecule has 11 heteroatoms. The minimum absolute atomic E-state index is 0.0532. The predicted octanol–water partition coefficient (Wildman–Crippen LogP) is 7.43. The minimum Gasteiger partial charge on any atom is -0.357 e. The van der Waals surface area contributed by atoms with Crippen LogP contribution in [0.1, 0.15) is 78.5 Å². The van der Waals surface area contributed by atoms with Crippen molar-refractivity contribution >= 4 is 27.4 Å². The molecule has 3 heterocycles. The Labute approximate surface area is 248 Å². The van der Waals surface area contributed by atoms with Gasteiger partial charge in [-0.2, -0.15) is 21.6 Å². The van der Waals surface area contributed by atoms with Gasteiger partial charge in [0.25, 0.3) is 10.0 Å². The first-order chi connectivity index (χ1) is 20.7. The standard InChI is InChI=1S/C31H37F3N4O3S/c1-23(39)13-12-22-38-21-10-6-4-2-3-5-7-14-24-15-8-9-16-25(24)30-26(31(32,33)34)19-20-27(35-30)37-42(40,41)29-18-11-17-28(38)36-29/h8-9,11,15-20H,2-7,10,12-14,21-22H2,1H3,(H,35,37)/i7D2. The van der Waals surface area contributed by atoms with Crippen molar-refractivity contribution in [2.24, 2.45) is 0 Å². The molecule has 1 aliphatic rings. The number of nitrogens with one attached hydrogen (secondary N) is 1. The van der Waals surface area contributed by atoms with E-state index in [-0.39, 0.29) is 35.0 Å². The smallest absolute Gasteiger partial charge is 0.357 e. The molecule has 0 radical (unpaired) electrons. The molecule has 0 amide bonds. The van der Waals surface area contributed by atoms with Gasteiger partial charge in [-0.3, -0.25) is 4.72 Å². The maximum atomic E-state index is 14.1. The molecule has 0 fully saturated rings. The molecule has 4 rings (SSSR count). The highest BCUT2D eigenvalue weighted by Gasteiger charge is 2.35. The molecule has 0 saturated heterocycles. The second-order valence-electron chi connectivity index (χ2n) is 10.4. The lowest BCUT2D eigenvalue weighted by molar-refractivity contribution is -0.137. The van der Waals surface area contributed by atoms with Crippen LogP contribution in [0.25, 0.3) is 11.3 Å². The number of halogens is 3. The number of pyridine rings is 2. The van der Waals surface area contributed by atoms with E-state index >= 15 is 0 Å². The Morgan fingerprint density at radius 1 is 0.976 bits per heavy atom. The van der Waals surface area contributed by atoms with Crippen LogP contribution in [0.3, 0.4) is 0 Å². The number of Topliss-reactive ketones (excluding diaryl/α,β-unsaturated/α-hetero) is 1. The number of sulfonamides is 1. The maximum Gasteiger partial charge on any atom is 0.418 e. The van der Waals surface area contributed by atoms with Crippen molar-refractivity contribution < 1.29 is 29.1 Å². The number of aryl methyl sites for hydroxylation is 1. The molecule has 0 atom stereocenters. The number of hydrogen-bond acceptors (Lipinski definition) is 6. The first kappa shape index (κ1) is 28.6. The van der Waals surface area contributed by atoms with Crippen molar-refractivity contribution in [1.29, 1.82) is 0 Å². The third-order valence-corrected chi connectivity index (χ3v) is 8.33. The Hall–Kier alpha value is -3.47. The van der Waals surface area contributed by atoms with Crippen molar-refractivity contribution in [2.75, 3.05) is 22.7 Å². The molecule has 7 nitrogen and oxygen atoms in total. The number of aromatic nitrogens is 2. The van der Waals surface area contributed by atoms with Crippen LogP contribution in [-0.2, 0) is 27.4 Å². The molecule has 0 aliphatic carbocycles. The van der Waals surface area contributed by atoms with Crippen LogP contribution in [-0.4, -0.2) is 37.3 Å². The molecule has 1 aliphatic heterocycles. The van der Waals surface area contributed by atoms with E-state index in [0.29, 0.717) is 43.7 Å². The van der Waals surface area contributed by atoms with Crippen LogP contribution in [0.2, 0.25) is 0 Å². The quantitative estimate of drug-likeness (QED) is 0.333. The van der Waals surface area contributed by atoms with Gasteiger partial charge < -0.3 is 9.69 Å². The largest absolute Gasteiger partial charge is 0.418 e. The highest BCUT2D eigenvalue weighted by Crippen LogP contribution is 2.38. The average Bonchev–Trinajstić information content (AvgIpc) is 2.94. The van der Waals surface area contributed by atoms with Gasteiger partial charge in [0, 0.05) is 27.8 Å². The number of carbonyl (C=O) groups is 1. The van der Waals surface area contributed by atoms with E-state index in [9.17, 15) is 26.4 Å². The molecule has 1 N–H and O–H groups in total. The summed E-state index contributed by atoms with van der Waals surface area (Å²) in [5.41, 5.74) is -1.11. The van der Waals surface area contributed by atoms with Gasteiger partial charge in [0.15, 0.2) is 5.03 Å². The summed E-state index contributed by atoms with van der Waals surface area (Å²) in [5.74, 6) is 0.136. The van der Waals surface area contributed by atoms with Gasteiger partial charge >= 0.3 is 6.18 Å². The number of nitrogens with zero attached hydrogens (tertiary/aromatic N) is 3. The van der Waals surface area contributed by atoms with Gasteiger partial charge in [-0.1, -0.05) is 62.4 Å². The summed E-state index contributed by atoms with van der Waals surface area (Å²) in [5, 5.41) is -0.321. The second kappa shape index (κ2) is 14.1. The second-order valence-corrected chi connectivity index (χ2v) is 12.1. The Morgan fingerprint density at radius 2 is 1.71 bits per heavy atom. The molecule has 0 saturated carbocycles. The fourth-order valence-electron chi connectivity index (χ4n) is 4.94. The van der Waals surface area contributed by atoms with Crippen molar-refractivity contribution in [2.45, 2.75) is 82.3 Å². The fourth-order valence-corrected chi connectivity index (χ4v) is 5.91. The van der Waals surface area contributed by atoms with Gasteiger partial charge in [0.2, 0.25) is 0 Å². The van der Waals surface area contributed by atoms with Crippen molar-refractivity contribution in [3.8, 4) is 11.3 Å². The molecular weight excluding hydrogens is 565 g/mol. The summed E-state index contributed by atoms with van der Waals surface area (Å²) in [6.45, 7) is 2.60. The molecule has 42 heavy (non-hydrogen) atoms. The van der Waals surface area contributed by atoms with Crippen LogP contribution in [0.5, 0.6) is 0 Å². The van der Waals surface area contributed by atoms with E-state index in [1.807, 2.05) is 4.90 Å². The summed E-state index contributed by atoms with van der Waals surface area (Å²) < 4.78 is 88.8. The number of fused-ring (bicyclic) bond motifs is 6. The van der Waals surface area contributed by atoms with Gasteiger partial charge in [0.05, 0.1) is 11.3 Å². The van der Waals surface area contributed by atoms with E-state index < -0.39 is 33.8 Å². The number of carbonyl (C=O) groups excluding carboxylic acids is 1. The number of hydrogen-bond donors (Lipinski definition) is 1. The van der Waals surface area contributed by atoms with E-state index in [0.717, 1.165) is 37.8 Å². The maximum absolute atomic E-state index is 14.1.